The van der Waals surface area contributed by atoms with Gasteiger partial charge in [0.1, 0.15) is 0 Å². The van der Waals surface area contributed by atoms with Crippen molar-refractivity contribution in [2.45, 2.75) is 25.9 Å². The van der Waals surface area contributed by atoms with Gasteiger partial charge in [0.15, 0.2) is 0 Å². The number of hydrogen-bond donors (Lipinski definition) is 1. The van der Waals surface area contributed by atoms with Crippen molar-refractivity contribution in [1.29, 1.82) is 0 Å². The van der Waals surface area contributed by atoms with E-state index in [4.69, 9.17) is 4.74 Å². The molecule has 1 aliphatic heterocycles. The van der Waals surface area contributed by atoms with Crippen LogP contribution in [0.4, 0.5) is 0 Å². The van der Waals surface area contributed by atoms with E-state index in [1.165, 1.54) is 0 Å². The fourth-order valence-corrected chi connectivity index (χ4v) is 1.03. The molecule has 0 aromatic heterocycles. The first kappa shape index (κ1) is 7.03. The Balaban J connectivity index is 2.51. The molecule has 0 unspecified atom stereocenters. The van der Waals surface area contributed by atoms with Crippen molar-refractivity contribution in [2.24, 2.45) is 5.92 Å². The molecular formula is C7H14O2. The summed E-state index contributed by atoms with van der Waals surface area (Å²) in [5.74, 6) is 0.319. The van der Waals surface area contributed by atoms with Crippen LogP contribution in [0, 0.1) is 5.92 Å². The van der Waals surface area contributed by atoms with Crippen LogP contribution < -0.4 is 0 Å². The summed E-state index contributed by atoms with van der Waals surface area (Å²) in [6.07, 6.45) is 0.796. The van der Waals surface area contributed by atoms with E-state index in [0.717, 1.165) is 6.42 Å². The quantitative estimate of drug-likeness (QED) is 0.568. The third-order valence-electron chi connectivity index (χ3n) is 2.11. The molecule has 2 heteroatoms. The molecule has 54 valence electrons. The Labute approximate surface area is 55.8 Å². The van der Waals surface area contributed by atoms with Gasteiger partial charge in [0.25, 0.3) is 0 Å². The Kier molecular flexibility index (Phi) is 1.78. The molecule has 0 saturated carbocycles. The van der Waals surface area contributed by atoms with Crippen LogP contribution in [0.15, 0.2) is 0 Å². The third-order valence-corrected chi connectivity index (χ3v) is 2.11. The van der Waals surface area contributed by atoms with Crippen molar-refractivity contribution in [1.82, 2.24) is 0 Å². The second-order valence-electron chi connectivity index (χ2n) is 3.06. The maximum atomic E-state index is 9.64. The maximum Gasteiger partial charge on any atom is 0.0924 e. The molecule has 1 fully saturated rings. The zero-order chi connectivity index (χ0) is 6.91. The Hall–Kier alpha value is -0.0800. The second kappa shape index (κ2) is 2.27. The fraction of sp³-hybridized carbons (Fsp3) is 1.00. The van der Waals surface area contributed by atoms with Gasteiger partial charge in [-0.2, -0.15) is 0 Å². The van der Waals surface area contributed by atoms with Crippen LogP contribution in [0.1, 0.15) is 20.3 Å². The predicted molar refractivity (Wildman–Crippen MR) is 35.2 cm³/mol. The van der Waals surface area contributed by atoms with E-state index in [1.54, 1.807) is 0 Å². The van der Waals surface area contributed by atoms with Crippen LogP contribution in [0.5, 0.6) is 0 Å². The van der Waals surface area contributed by atoms with Crippen molar-refractivity contribution >= 4 is 0 Å². The highest BCUT2D eigenvalue weighted by Crippen LogP contribution is 2.26. The molecule has 0 spiro atoms. The molecule has 0 aromatic carbocycles. The monoisotopic (exact) mass is 130 g/mol. The summed E-state index contributed by atoms with van der Waals surface area (Å²) in [5, 5.41) is 9.64. The first-order valence-corrected chi connectivity index (χ1v) is 3.45. The van der Waals surface area contributed by atoms with Crippen LogP contribution in [-0.4, -0.2) is 23.9 Å². The Bertz CT molecular complexity index is 93.1. The predicted octanol–water partition coefficient (Wildman–Crippen LogP) is 0.794. The smallest absolute Gasteiger partial charge is 0.0924 e. The molecule has 1 aliphatic rings. The normalized spacial score (nSPS) is 36.0. The van der Waals surface area contributed by atoms with Gasteiger partial charge in [-0.3, -0.25) is 0 Å². The Morgan fingerprint density at radius 3 is 2.44 bits per heavy atom. The lowest BCUT2D eigenvalue weighted by Gasteiger charge is -2.24. The average molecular weight is 130 g/mol. The summed E-state index contributed by atoms with van der Waals surface area (Å²) in [4.78, 5) is 0. The first-order chi connectivity index (χ1) is 4.15. The van der Waals surface area contributed by atoms with Gasteiger partial charge in [-0.1, -0.05) is 13.8 Å². The molecule has 1 saturated heterocycles. The van der Waals surface area contributed by atoms with E-state index in [1.807, 2.05) is 13.8 Å². The lowest BCUT2D eigenvalue weighted by atomic mass is 9.90. The van der Waals surface area contributed by atoms with E-state index in [9.17, 15) is 5.11 Å². The molecule has 0 bridgehead atoms. The Morgan fingerprint density at radius 2 is 2.22 bits per heavy atom. The van der Waals surface area contributed by atoms with Crippen LogP contribution in [0.2, 0.25) is 0 Å². The molecule has 1 rings (SSSR count). The van der Waals surface area contributed by atoms with Gasteiger partial charge in [0, 0.05) is 13.0 Å². The Morgan fingerprint density at radius 1 is 1.56 bits per heavy atom. The first-order valence-electron chi connectivity index (χ1n) is 3.45. The van der Waals surface area contributed by atoms with Crippen molar-refractivity contribution in [2.75, 3.05) is 13.2 Å². The second-order valence-corrected chi connectivity index (χ2v) is 3.06. The average Bonchev–Trinajstić information content (AvgIpc) is 2.16. The fourth-order valence-electron chi connectivity index (χ4n) is 1.03. The van der Waals surface area contributed by atoms with Crippen molar-refractivity contribution < 1.29 is 9.84 Å². The molecule has 2 nitrogen and oxygen atoms in total. The van der Waals surface area contributed by atoms with E-state index < -0.39 is 5.60 Å². The number of aliphatic hydroxyl groups is 1. The minimum Gasteiger partial charge on any atom is -0.387 e. The van der Waals surface area contributed by atoms with Gasteiger partial charge >= 0.3 is 0 Å². The van der Waals surface area contributed by atoms with Gasteiger partial charge < -0.3 is 9.84 Å². The van der Waals surface area contributed by atoms with E-state index >= 15 is 0 Å². The molecule has 1 atom stereocenters. The van der Waals surface area contributed by atoms with Crippen LogP contribution >= 0.6 is 0 Å². The molecule has 0 aromatic rings. The minimum atomic E-state index is -0.528. The zero-order valence-electron chi connectivity index (χ0n) is 6.05. The molecule has 9 heavy (non-hydrogen) atoms. The molecular weight excluding hydrogens is 116 g/mol. The molecule has 1 heterocycles. The molecule has 1 N–H and O–H groups in total. The minimum absolute atomic E-state index is 0.319. The van der Waals surface area contributed by atoms with Gasteiger partial charge in [-0.25, -0.2) is 0 Å². The van der Waals surface area contributed by atoms with Gasteiger partial charge in [-0.15, -0.1) is 0 Å². The SMILES string of the molecule is CC(C)[C@]1(O)CCOC1. The van der Waals surface area contributed by atoms with Gasteiger partial charge in [-0.05, 0) is 5.92 Å². The highest BCUT2D eigenvalue weighted by atomic mass is 16.5. The summed E-state index contributed by atoms with van der Waals surface area (Å²) < 4.78 is 5.07. The van der Waals surface area contributed by atoms with E-state index in [-0.39, 0.29) is 0 Å². The van der Waals surface area contributed by atoms with Crippen molar-refractivity contribution in [3.05, 3.63) is 0 Å². The highest BCUT2D eigenvalue weighted by molar-refractivity contribution is 4.85. The molecule has 0 radical (unpaired) electrons. The highest BCUT2D eigenvalue weighted by Gasteiger charge is 2.35. The number of hydrogen-bond acceptors (Lipinski definition) is 2. The maximum absolute atomic E-state index is 9.64. The lowest BCUT2D eigenvalue weighted by Crippen LogP contribution is -2.34. The van der Waals surface area contributed by atoms with Gasteiger partial charge in [0.05, 0.1) is 12.2 Å². The standard InChI is InChI=1S/C7H14O2/c1-6(2)7(8)3-4-9-5-7/h6,8H,3-5H2,1-2H3/t7-/m0/s1. The summed E-state index contributed by atoms with van der Waals surface area (Å²) in [6.45, 7) is 5.28. The van der Waals surface area contributed by atoms with E-state index in [0.29, 0.717) is 19.1 Å². The summed E-state index contributed by atoms with van der Waals surface area (Å²) in [5.41, 5.74) is -0.528. The van der Waals surface area contributed by atoms with Crippen LogP contribution in [0.25, 0.3) is 0 Å². The molecule has 0 amide bonds. The van der Waals surface area contributed by atoms with Crippen molar-refractivity contribution in [3.8, 4) is 0 Å². The van der Waals surface area contributed by atoms with Crippen LogP contribution in [0.3, 0.4) is 0 Å². The van der Waals surface area contributed by atoms with E-state index in [2.05, 4.69) is 0 Å². The zero-order valence-corrected chi connectivity index (χ0v) is 6.05. The number of rotatable bonds is 1. The molecule has 0 aliphatic carbocycles. The third kappa shape index (κ3) is 1.25. The number of ether oxygens (including phenoxy) is 1. The van der Waals surface area contributed by atoms with Crippen molar-refractivity contribution in [3.63, 3.8) is 0 Å². The lowest BCUT2D eigenvalue weighted by molar-refractivity contribution is -0.0125. The summed E-state index contributed by atoms with van der Waals surface area (Å²) >= 11 is 0. The van der Waals surface area contributed by atoms with Gasteiger partial charge in [0.2, 0.25) is 0 Å². The largest absolute Gasteiger partial charge is 0.387 e. The summed E-state index contributed by atoms with van der Waals surface area (Å²) in [7, 11) is 0. The topological polar surface area (TPSA) is 29.5 Å². The van der Waals surface area contributed by atoms with Crippen LogP contribution in [-0.2, 0) is 4.74 Å². The summed E-state index contributed by atoms with van der Waals surface area (Å²) in [6, 6.07) is 0.